The number of urea groups is 1. The molecule has 2 atom stereocenters. The molecule has 1 aliphatic heterocycles. The minimum atomic E-state index is -4.68. The van der Waals surface area contributed by atoms with Crippen molar-refractivity contribution in [3.05, 3.63) is 17.8 Å². The minimum absolute atomic E-state index is 0.117. The topological polar surface area (TPSA) is 95.4 Å². The average Bonchev–Trinajstić information content (AvgIpc) is 3.23. The van der Waals surface area contributed by atoms with E-state index in [2.05, 4.69) is 15.5 Å². The Kier molecular flexibility index (Phi) is 4.06. The summed E-state index contributed by atoms with van der Waals surface area (Å²) in [4.78, 5) is 23.9. The van der Waals surface area contributed by atoms with E-state index in [-0.39, 0.29) is 5.82 Å². The van der Waals surface area contributed by atoms with Crippen LogP contribution >= 0.6 is 0 Å². The van der Waals surface area contributed by atoms with Gasteiger partial charge in [-0.15, -0.1) is 5.10 Å². The smallest absolute Gasteiger partial charge is 0.394 e. The Hall–Kier alpha value is -2.39. The maximum atomic E-state index is 12.9. The van der Waals surface area contributed by atoms with Gasteiger partial charge in [0.15, 0.2) is 5.82 Å². The molecular weight excluding hydrogens is 329 g/mol. The predicted molar refractivity (Wildman–Crippen MR) is 75.3 cm³/mol. The van der Waals surface area contributed by atoms with Crippen molar-refractivity contribution in [2.75, 3.05) is 18.4 Å². The Balaban J connectivity index is 1.65. The number of aliphatic carboxylic acids is 1. The lowest BCUT2D eigenvalue weighted by Crippen LogP contribution is -2.35. The zero-order chi connectivity index (χ0) is 17.5. The SMILES string of the molecule is O=C(O)[C@@H]1CN(C(=O)Nc2ccc(C3CC3)nn2)C[C@H]1C(F)(F)F. The number of carboxylic acid groups (broad SMARTS) is 1. The van der Waals surface area contributed by atoms with E-state index in [9.17, 15) is 22.8 Å². The number of carboxylic acids is 1. The van der Waals surface area contributed by atoms with Crippen LogP contribution < -0.4 is 5.32 Å². The number of nitrogens with zero attached hydrogens (tertiary/aromatic N) is 3. The second kappa shape index (κ2) is 5.91. The predicted octanol–water partition coefficient (Wildman–Crippen LogP) is 2.08. The van der Waals surface area contributed by atoms with Crippen molar-refractivity contribution in [1.29, 1.82) is 0 Å². The molecule has 0 unspecified atom stereocenters. The third-order valence-corrected chi connectivity index (χ3v) is 4.26. The number of likely N-dealkylation sites (tertiary alicyclic amines) is 1. The number of carbonyl (C=O) groups is 2. The molecule has 3 rings (SSSR count). The van der Waals surface area contributed by atoms with Crippen LogP contribution in [0.15, 0.2) is 12.1 Å². The van der Waals surface area contributed by atoms with Crippen molar-refractivity contribution >= 4 is 17.8 Å². The van der Waals surface area contributed by atoms with Crippen molar-refractivity contribution in [2.24, 2.45) is 11.8 Å². The zero-order valence-electron chi connectivity index (χ0n) is 12.5. The van der Waals surface area contributed by atoms with Crippen molar-refractivity contribution in [2.45, 2.75) is 24.9 Å². The van der Waals surface area contributed by atoms with E-state index >= 15 is 0 Å². The molecule has 0 bridgehead atoms. The molecule has 2 amide bonds. The van der Waals surface area contributed by atoms with Crippen LogP contribution in [0.2, 0.25) is 0 Å². The molecule has 2 aliphatic rings. The van der Waals surface area contributed by atoms with E-state index < -0.39 is 43.1 Å². The fourth-order valence-electron chi connectivity index (χ4n) is 2.75. The molecular formula is C14H15F3N4O3. The number of hydrogen-bond donors (Lipinski definition) is 2. The van der Waals surface area contributed by atoms with Crippen molar-refractivity contribution in [1.82, 2.24) is 15.1 Å². The monoisotopic (exact) mass is 344 g/mol. The minimum Gasteiger partial charge on any atom is -0.481 e. The normalized spacial score (nSPS) is 24.0. The standard InChI is InChI=1S/C14H15F3N4O3/c15-14(16,17)9-6-21(5-8(9)12(22)23)13(24)18-11-4-3-10(19-20-11)7-1-2-7/h3-4,7-9H,1-2,5-6H2,(H,22,23)(H,18,20,24)/t8-,9-/m1/s1. The third-order valence-electron chi connectivity index (χ3n) is 4.26. The number of rotatable bonds is 3. The van der Waals surface area contributed by atoms with Gasteiger partial charge in [0, 0.05) is 19.0 Å². The summed E-state index contributed by atoms with van der Waals surface area (Å²) < 4.78 is 38.8. The van der Waals surface area contributed by atoms with Gasteiger partial charge in [0.2, 0.25) is 0 Å². The molecule has 1 saturated heterocycles. The molecule has 7 nitrogen and oxygen atoms in total. The second-order valence-electron chi connectivity index (χ2n) is 6.05. The fourth-order valence-corrected chi connectivity index (χ4v) is 2.75. The highest BCUT2D eigenvalue weighted by Gasteiger charge is 2.53. The van der Waals surface area contributed by atoms with Gasteiger partial charge in [-0.1, -0.05) is 0 Å². The molecule has 1 aliphatic carbocycles. The number of aromatic nitrogens is 2. The van der Waals surface area contributed by atoms with Crippen LogP contribution in [-0.2, 0) is 4.79 Å². The lowest BCUT2D eigenvalue weighted by molar-refractivity contribution is -0.187. The first-order chi connectivity index (χ1) is 11.3. The Bertz CT molecular complexity index is 646. The first-order valence-electron chi connectivity index (χ1n) is 7.45. The summed E-state index contributed by atoms with van der Waals surface area (Å²) in [5, 5.41) is 19.1. The average molecular weight is 344 g/mol. The lowest BCUT2D eigenvalue weighted by atomic mass is 9.96. The zero-order valence-corrected chi connectivity index (χ0v) is 12.5. The van der Waals surface area contributed by atoms with E-state index in [0.717, 1.165) is 23.4 Å². The summed E-state index contributed by atoms with van der Waals surface area (Å²) in [6, 6.07) is 2.43. The molecule has 24 heavy (non-hydrogen) atoms. The van der Waals surface area contributed by atoms with Crippen molar-refractivity contribution < 1.29 is 27.9 Å². The summed E-state index contributed by atoms with van der Waals surface area (Å²) in [6.07, 6.45) is -2.59. The molecule has 1 aromatic rings. The van der Waals surface area contributed by atoms with Gasteiger partial charge < -0.3 is 10.0 Å². The van der Waals surface area contributed by atoms with Gasteiger partial charge in [-0.25, -0.2) is 4.79 Å². The highest BCUT2D eigenvalue weighted by Crippen LogP contribution is 2.39. The summed E-state index contributed by atoms with van der Waals surface area (Å²) in [7, 11) is 0. The maximum Gasteiger partial charge on any atom is 0.394 e. The molecule has 2 heterocycles. The summed E-state index contributed by atoms with van der Waals surface area (Å²) in [5.41, 5.74) is 0.817. The Morgan fingerprint density at radius 3 is 2.38 bits per heavy atom. The number of halogens is 3. The fraction of sp³-hybridized carbons (Fsp3) is 0.571. The van der Waals surface area contributed by atoms with Crippen LogP contribution in [-0.4, -0.2) is 51.5 Å². The van der Waals surface area contributed by atoms with E-state index in [1.165, 1.54) is 6.07 Å². The quantitative estimate of drug-likeness (QED) is 0.875. The molecule has 10 heteroatoms. The third kappa shape index (κ3) is 3.41. The van der Waals surface area contributed by atoms with E-state index in [1.54, 1.807) is 6.07 Å². The van der Waals surface area contributed by atoms with Crippen molar-refractivity contribution in [3.63, 3.8) is 0 Å². The van der Waals surface area contributed by atoms with Crippen LogP contribution in [0, 0.1) is 11.8 Å². The Morgan fingerprint density at radius 1 is 1.21 bits per heavy atom. The van der Waals surface area contributed by atoms with Gasteiger partial charge >= 0.3 is 18.2 Å². The maximum absolute atomic E-state index is 12.9. The van der Waals surface area contributed by atoms with E-state index in [0.29, 0.717) is 5.92 Å². The van der Waals surface area contributed by atoms with E-state index in [4.69, 9.17) is 5.11 Å². The number of alkyl halides is 3. The number of nitrogens with one attached hydrogen (secondary N) is 1. The second-order valence-corrected chi connectivity index (χ2v) is 6.05. The number of anilines is 1. The van der Waals surface area contributed by atoms with Crippen LogP contribution in [0.4, 0.5) is 23.8 Å². The molecule has 0 radical (unpaired) electrons. The number of amides is 2. The van der Waals surface area contributed by atoms with Gasteiger partial charge in [0.05, 0.1) is 17.5 Å². The molecule has 2 fully saturated rings. The summed E-state index contributed by atoms with van der Waals surface area (Å²) in [5.74, 6) is -4.80. The van der Waals surface area contributed by atoms with Crippen LogP contribution in [0.3, 0.4) is 0 Å². The Morgan fingerprint density at radius 2 is 1.92 bits per heavy atom. The van der Waals surface area contributed by atoms with Gasteiger partial charge in [0.25, 0.3) is 0 Å². The lowest BCUT2D eigenvalue weighted by Gasteiger charge is -2.18. The molecule has 1 saturated carbocycles. The summed E-state index contributed by atoms with van der Waals surface area (Å²) >= 11 is 0. The van der Waals surface area contributed by atoms with Gasteiger partial charge in [-0.05, 0) is 25.0 Å². The first kappa shape index (κ1) is 16.5. The Labute approximate surface area is 134 Å². The van der Waals surface area contributed by atoms with Crippen molar-refractivity contribution in [3.8, 4) is 0 Å². The molecule has 130 valence electrons. The number of carbonyl (C=O) groups excluding carboxylic acids is 1. The van der Waals surface area contributed by atoms with Crippen LogP contribution in [0.1, 0.15) is 24.5 Å². The van der Waals surface area contributed by atoms with Crippen LogP contribution in [0.5, 0.6) is 0 Å². The molecule has 0 aromatic carbocycles. The first-order valence-corrected chi connectivity index (χ1v) is 7.45. The van der Waals surface area contributed by atoms with Gasteiger partial charge in [0.1, 0.15) is 0 Å². The molecule has 1 aromatic heterocycles. The highest BCUT2D eigenvalue weighted by molar-refractivity contribution is 5.89. The van der Waals surface area contributed by atoms with Gasteiger partial charge in [-0.2, -0.15) is 18.3 Å². The van der Waals surface area contributed by atoms with Gasteiger partial charge in [-0.3, -0.25) is 10.1 Å². The van der Waals surface area contributed by atoms with E-state index in [1.807, 2.05) is 0 Å². The molecule has 0 spiro atoms. The summed E-state index contributed by atoms with van der Waals surface area (Å²) in [6.45, 7) is -1.20. The highest BCUT2D eigenvalue weighted by atomic mass is 19.4. The molecule has 2 N–H and O–H groups in total. The largest absolute Gasteiger partial charge is 0.481 e. The number of hydrogen-bond acceptors (Lipinski definition) is 4. The van der Waals surface area contributed by atoms with Crippen LogP contribution in [0.25, 0.3) is 0 Å².